The molecule has 1 aliphatic carbocycles. The lowest BCUT2D eigenvalue weighted by Crippen LogP contribution is -2.42. The Balaban J connectivity index is 0.00000364. The number of nitrogens with zero attached hydrogens (tertiary/aromatic N) is 1. The van der Waals surface area contributed by atoms with Crippen LogP contribution in [-0.4, -0.2) is 36.0 Å². The van der Waals surface area contributed by atoms with Gasteiger partial charge in [-0.1, -0.05) is 24.8 Å². The second-order valence-electron chi connectivity index (χ2n) is 7.84. The molecule has 1 amide bonds. The van der Waals surface area contributed by atoms with Gasteiger partial charge in [0.2, 0.25) is 0 Å². The lowest BCUT2D eigenvalue weighted by molar-refractivity contribution is 0.0939. The maximum Gasteiger partial charge on any atom is 0.251 e. The zero-order valence-corrected chi connectivity index (χ0v) is 16.9. The molecule has 0 atom stereocenters. The minimum atomic E-state index is -0.0132. The van der Waals surface area contributed by atoms with E-state index in [0.717, 1.165) is 29.8 Å². The molecule has 1 aliphatic rings. The molecule has 0 unspecified atom stereocenters. The molecule has 3 nitrogen and oxygen atoms in total. The third kappa shape index (κ3) is 5.07. The molecule has 0 bridgehead atoms. The number of nitrogens with one attached hydrogen (secondary N) is 1. The molecule has 1 aromatic carbocycles. The molecule has 2 rings (SSSR count). The second-order valence-corrected chi connectivity index (χ2v) is 7.84. The Labute approximate surface area is 160 Å². The lowest BCUT2D eigenvalue weighted by Gasteiger charge is -2.30. The van der Waals surface area contributed by atoms with Crippen molar-refractivity contribution in [2.24, 2.45) is 0 Å². The van der Waals surface area contributed by atoms with Crippen molar-refractivity contribution >= 4 is 18.1 Å². The molecule has 144 valence electrons. The van der Waals surface area contributed by atoms with Gasteiger partial charge in [0.05, 0.1) is 0 Å². The van der Waals surface area contributed by atoms with Crippen LogP contribution in [-0.2, 0) is 0 Å². The molecule has 1 fully saturated rings. The SMILES string of the molecule is C=C1CCCC/C1=c1\cc(C(=O)NCCN(C(C)C)C(C)C)ccc1=C.[HH]. The molecule has 3 heteroatoms. The van der Waals surface area contributed by atoms with Crippen LogP contribution in [0.5, 0.6) is 0 Å². The first-order chi connectivity index (χ1) is 12.3. The summed E-state index contributed by atoms with van der Waals surface area (Å²) in [6.07, 6.45) is 4.47. The molecule has 1 N–H and O–H groups in total. The van der Waals surface area contributed by atoms with Crippen LogP contribution in [0.2, 0.25) is 0 Å². The molecular formula is C23H36N2O. The summed E-state index contributed by atoms with van der Waals surface area (Å²) >= 11 is 0. The molecule has 0 radical (unpaired) electrons. The minimum Gasteiger partial charge on any atom is -0.351 e. The molecule has 1 saturated carbocycles. The average molecular weight is 357 g/mol. The third-order valence-corrected chi connectivity index (χ3v) is 5.26. The topological polar surface area (TPSA) is 32.3 Å². The lowest BCUT2D eigenvalue weighted by atomic mass is 9.88. The van der Waals surface area contributed by atoms with E-state index in [0.29, 0.717) is 24.2 Å². The van der Waals surface area contributed by atoms with Gasteiger partial charge in [0.15, 0.2) is 0 Å². The van der Waals surface area contributed by atoms with E-state index < -0.39 is 0 Å². The summed E-state index contributed by atoms with van der Waals surface area (Å²) in [4.78, 5) is 15.0. The number of rotatable bonds is 6. The van der Waals surface area contributed by atoms with Crippen LogP contribution in [0.25, 0.3) is 12.2 Å². The van der Waals surface area contributed by atoms with Gasteiger partial charge in [-0.05, 0) is 81.5 Å². The van der Waals surface area contributed by atoms with Gasteiger partial charge in [0, 0.05) is 32.2 Å². The van der Waals surface area contributed by atoms with Gasteiger partial charge in [0.25, 0.3) is 5.91 Å². The van der Waals surface area contributed by atoms with Crippen molar-refractivity contribution in [1.29, 1.82) is 0 Å². The summed E-state index contributed by atoms with van der Waals surface area (Å²) in [5.74, 6) is -0.0132. The zero-order valence-electron chi connectivity index (χ0n) is 16.9. The van der Waals surface area contributed by atoms with Crippen molar-refractivity contribution in [3.63, 3.8) is 0 Å². The van der Waals surface area contributed by atoms with Crippen LogP contribution in [0.15, 0.2) is 30.4 Å². The molecule has 0 aliphatic heterocycles. The first-order valence-electron chi connectivity index (χ1n) is 9.85. The van der Waals surface area contributed by atoms with Gasteiger partial charge in [-0.15, -0.1) is 0 Å². The smallest absolute Gasteiger partial charge is 0.251 e. The largest absolute Gasteiger partial charge is 0.351 e. The van der Waals surface area contributed by atoms with Gasteiger partial charge in [-0.2, -0.15) is 0 Å². The Hall–Kier alpha value is -1.87. The molecule has 1 aromatic rings. The predicted octanol–water partition coefficient (Wildman–Crippen LogP) is 3.47. The Bertz CT molecular complexity index is 759. The molecule has 26 heavy (non-hydrogen) atoms. The zero-order chi connectivity index (χ0) is 19.3. The summed E-state index contributed by atoms with van der Waals surface area (Å²) < 4.78 is 0. The van der Waals surface area contributed by atoms with Crippen LogP contribution in [0.3, 0.4) is 0 Å². The molecule has 0 heterocycles. The first-order valence-corrected chi connectivity index (χ1v) is 9.85. The van der Waals surface area contributed by atoms with Crippen LogP contribution in [0.1, 0.15) is 65.2 Å². The van der Waals surface area contributed by atoms with Crippen LogP contribution >= 0.6 is 0 Å². The highest BCUT2D eigenvalue weighted by Gasteiger charge is 2.14. The quantitative estimate of drug-likeness (QED) is 0.846. The number of amides is 1. The van der Waals surface area contributed by atoms with Crippen molar-refractivity contribution < 1.29 is 6.22 Å². The summed E-state index contributed by atoms with van der Waals surface area (Å²) in [7, 11) is 0. The van der Waals surface area contributed by atoms with Crippen LogP contribution in [0.4, 0.5) is 0 Å². The first kappa shape index (κ1) is 20.4. The van der Waals surface area contributed by atoms with Gasteiger partial charge in [-0.25, -0.2) is 0 Å². The molecule has 0 saturated heterocycles. The summed E-state index contributed by atoms with van der Waals surface area (Å²) in [6, 6.07) is 6.76. The summed E-state index contributed by atoms with van der Waals surface area (Å²) in [5.41, 5.74) is 3.18. The van der Waals surface area contributed by atoms with E-state index in [4.69, 9.17) is 0 Å². The van der Waals surface area contributed by atoms with E-state index in [1.165, 1.54) is 24.0 Å². The van der Waals surface area contributed by atoms with E-state index in [2.05, 4.69) is 51.1 Å². The van der Waals surface area contributed by atoms with E-state index in [1.54, 1.807) is 0 Å². The number of benzene rings is 1. The van der Waals surface area contributed by atoms with Crippen molar-refractivity contribution in [2.75, 3.05) is 13.1 Å². The van der Waals surface area contributed by atoms with E-state index in [9.17, 15) is 4.79 Å². The number of carbonyl (C=O) groups excluding carboxylic acids is 1. The van der Waals surface area contributed by atoms with Crippen LogP contribution < -0.4 is 15.8 Å². The van der Waals surface area contributed by atoms with Crippen molar-refractivity contribution in [3.8, 4) is 0 Å². The minimum absolute atomic E-state index is 0. The fourth-order valence-corrected chi connectivity index (χ4v) is 3.80. The fourth-order valence-electron chi connectivity index (χ4n) is 3.80. The van der Waals surface area contributed by atoms with Crippen molar-refractivity contribution in [3.05, 3.63) is 46.4 Å². The summed E-state index contributed by atoms with van der Waals surface area (Å²) in [6.45, 7) is 18.6. The number of hydrogen-bond donors (Lipinski definition) is 1. The predicted molar refractivity (Wildman–Crippen MR) is 114 cm³/mol. The Morgan fingerprint density at radius 2 is 1.81 bits per heavy atom. The Kier molecular flexibility index (Phi) is 7.22. The Morgan fingerprint density at radius 1 is 1.15 bits per heavy atom. The highest BCUT2D eigenvalue weighted by atomic mass is 16.1. The van der Waals surface area contributed by atoms with E-state index in [-0.39, 0.29) is 7.33 Å². The normalized spacial score (nSPS) is 17.3. The van der Waals surface area contributed by atoms with E-state index in [1.807, 2.05) is 18.2 Å². The maximum atomic E-state index is 12.6. The highest BCUT2D eigenvalue weighted by molar-refractivity contribution is 5.94. The third-order valence-electron chi connectivity index (χ3n) is 5.26. The van der Waals surface area contributed by atoms with Crippen LogP contribution in [0, 0.1) is 0 Å². The van der Waals surface area contributed by atoms with Gasteiger partial charge >= 0.3 is 0 Å². The Morgan fingerprint density at radius 3 is 2.42 bits per heavy atom. The standard InChI is InChI=1S/C23H34N2O.H2/c1-16(2)25(17(3)4)14-13-24-23(26)20-12-11-19(6)22(15-20)21-10-8-7-9-18(21)5;/h11-12,15-17H,5-10,13-14H2,1-4H3,(H,24,26);1H/b22-21-;. The van der Waals surface area contributed by atoms with Gasteiger partial charge in [-0.3, -0.25) is 9.69 Å². The summed E-state index contributed by atoms with van der Waals surface area (Å²) in [5, 5.41) is 5.14. The maximum absolute atomic E-state index is 12.6. The van der Waals surface area contributed by atoms with Crippen molar-refractivity contribution in [2.45, 2.75) is 65.5 Å². The van der Waals surface area contributed by atoms with Gasteiger partial charge < -0.3 is 5.32 Å². The molecular weight excluding hydrogens is 320 g/mol. The van der Waals surface area contributed by atoms with E-state index >= 15 is 0 Å². The van der Waals surface area contributed by atoms with Crippen molar-refractivity contribution in [1.82, 2.24) is 10.2 Å². The highest BCUT2D eigenvalue weighted by Crippen LogP contribution is 2.26. The fraction of sp³-hybridized carbons (Fsp3) is 0.522. The number of carbonyl (C=O) groups is 1. The molecule has 0 spiro atoms. The molecule has 0 aromatic heterocycles. The number of allylic oxidation sites excluding steroid dienone is 1. The van der Waals surface area contributed by atoms with Gasteiger partial charge in [0.1, 0.15) is 0 Å². The second kappa shape index (κ2) is 9.18. The average Bonchev–Trinajstić information content (AvgIpc) is 2.59. The number of hydrogen-bond acceptors (Lipinski definition) is 2. The monoisotopic (exact) mass is 356 g/mol.